The Balaban J connectivity index is 2.06. The van der Waals surface area contributed by atoms with Gasteiger partial charge in [0.15, 0.2) is 0 Å². The lowest BCUT2D eigenvalue weighted by Crippen LogP contribution is -2.25. The van der Waals surface area contributed by atoms with Crippen LogP contribution in [-0.4, -0.2) is 30.8 Å². The molecule has 1 saturated heterocycles. The highest BCUT2D eigenvalue weighted by Gasteiger charge is 2.36. The molecule has 0 radical (unpaired) electrons. The second-order valence-electron chi connectivity index (χ2n) is 4.89. The molecule has 1 aliphatic heterocycles. The van der Waals surface area contributed by atoms with Crippen LogP contribution in [0, 0.1) is 0 Å². The number of methoxy groups -OCH3 is 1. The number of rotatable bonds is 2. The van der Waals surface area contributed by atoms with Gasteiger partial charge in [0.2, 0.25) is 5.91 Å². The summed E-state index contributed by atoms with van der Waals surface area (Å²) in [6.45, 7) is 0.575. The molecule has 1 aliphatic carbocycles. The maximum Gasteiger partial charge on any atom is 0.341 e. The molecule has 1 amide bonds. The number of esters is 1. The number of ether oxygens (including phenoxy) is 1. The quantitative estimate of drug-likeness (QED) is 0.671. The van der Waals surface area contributed by atoms with Gasteiger partial charge in [-0.05, 0) is 24.8 Å². The third-order valence-electron chi connectivity index (χ3n) is 3.64. The Hall–Kier alpha value is -1.01. The van der Waals surface area contributed by atoms with E-state index in [4.69, 9.17) is 4.74 Å². The van der Waals surface area contributed by atoms with Crippen LogP contribution in [0.4, 0.5) is 5.00 Å². The highest BCUT2D eigenvalue weighted by Crippen LogP contribution is 2.43. The predicted molar refractivity (Wildman–Crippen MR) is 77.4 cm³/mol. The lowest BCUT2D eigenvalue weighted by Gasteiger charge is -2.16. The molecule has 2 heterocycles. The van der Waals surface area contributed by atoms with Crippen molar-refractivity contribution in [2.75, 3.05) is 18.6 Å². The summed E-state index contributed by atoms with van der Waals surface area (Å²) in [6, 6.07) is 0. The minimum absolute atomic E-state index is 0.0464. The number of amides is 1. The molecule has 0 spiro atoms. The number of thiol groups is 1. The predicted octanol–water partition coefficient (Wildman–Crippen LogP) is 2.06. The molecule has 3 rings (SSSR count). The van der Waals surface area contributed by atoms with Crippen molar-refractivity contribution >= 4 is 40.8 Å². The molecule has 4 nitrogen and oxygen atoms in total. The van der Waals surface area contributed by atoms with Gasteiger partial charge in [-0.1, -0.05) is 0 Å². The summed E-state index contributed by atoms with van der Waals surface area (Å²) in [5.41, 5.74) is 1.69. The molecular weight excluding hydrogens is 282 g/mol. The summed E-state index contributed by atoms with van der Waals surface area (Å²) < 4.78 is 4.89. The van der Waals surface area contributed by atoms with Gasteiger partial charge in [0.1, 0.15) is 5.00 Å². The second kappa shape index (κ2) is 4.83. The van der Waals surface area contributed by atoms with E-state index in [-0.39, 0.29) is 17.1 Å². The molecule has 19 heavy (non-hydrogen) atoms. The van der Waals surface area contributed by atoms with Crippen LogP contribution in [0.15, 0.2) is 0 Å². The fraction of sp³-hybridized carbons (Fsp3) is 0.538. The Bertz CT molecular complexity index is 552. The summed E-state index contributed by atoms with van der Waals surface area (Å²) in [6.07, 6.45) is 3.42. The summed E-state index contributed by atoms with van der Waals surface area (Å²) in [5, 5.41) is 0.813. The van der Waals surface area contributed by atoms with Gasteiger partial charge < -0.3 is 9.64 Å². The molecule has 0 saturated carbocycles. The highest BCUT2D eigenvalue weighted by atomic mass is 32.1. The number of hydrogen-bond acceptors (Lipinski definition) is 5. The molecule has 0 aromatic carbocycles. The third kappa shape index (κ3) is 2.07. The van der Waals surface area contributed by atoms with Crippen LogP contribution in [0.3, 0.4) is 0 Å². The average Bonchev–Trinajstić information content (AvgIpc) is 3.01. The van der Waals surface area contributed by atoms with Crippen molar-refractivity contribution in [1.82, 2.24) is 0 Å². The van der Waals surface area contributed by atoms with E-state index in [0.717, 1.165) is 29.8 Å². The van der Waals surface area contributed by atoms with E-state index in [0.29, 0.717) is 18.5 Å². The van der Waals surface area contributed by atoms with E-state index < -0.39 is 0 Å². The summed E-state index contributed by atoms with van der Waals surface area (Å²) >= 11 is 5.93. The Kier molecular flexibility index (Phi) is 3.30. The average molecular weight is 297 g/mol. The van der Waals surface area contributed by atoms with Crippen LogP contribution in [0.5, 0.6) is 0 Å². The summed E-state index contributed by atoms with van der Waals surface area (Å²) in [5.74, 6) is -0.283. The van der Waals surface area contributed by atoms with Gasteiger partial charge in [-0.3, -0.25) is 4.79 Å². The fourth-order valence-electron chi connectivity index (χ4n) is 2.78. The molecule has 1 unspecified atom stereocenters. The van der Waals surface area contributed by atoms with Crippen LogP contribution in [-0.2, 0) is 22.4 Å². The number of thiophene rings is 1. The molecule has 0 N–H and O–H groups in total. The number of aryl methyl sites for hydroxylation is 1. The minimum Gasteiger partial charge on any atom is -0.465 e. The molecule has 1 atom stereocenters. The molecular formula is C13H15NO3S2. The molecule has 2 aliphatic rings. The van der Waals surface area contributed by atoms with Crippen molar-refractivity contribution in [2.24, 2.45) is 0 Å². The highest BCUT2D eigenvalue weighted by molar-refractivity contribution is 7.81. The largest absolute Gasteiger partial charge is 0.465 e. The standard InChI is InChI=1S/C13H15NO3S2/c1-17-13(16)11-8-3-2-4-9(8)19-12(11)14-6-7(18)5-10(14)15/h7,18H,2-6H2,1H3. The zero-order valence-electron chi connectivity index (χ0n) is 10.6. The van der Waals surface area contributed by atoms with Gasteiger partial charge in [0.25, 0.3) is 0 Å². The van der Waals surface area contributed by atoms with Crippen LogP contribution in [0.25, 0.3) is 0 Å². The third-order valence-corrected chi connectivity index (χ3v) is 5.30. The van der Waals surface area contributed by atoms with E-state index in [2.05, 4.69) is 12.6 Å². The Morgan fingerprint density at radius 1 is 1.47 bits per heavy atom. The molecule has 1 aromatic heterocycles. The van der Waals surface area contributed by atoms with Gasteiger partial charge in [0, 0.05) is 23.1 Å². The smallest absolute Gasteiger partial charge is 0.341 e. The lowest BCUT2D eigenvalue weighted by atomic mass is 10.1. The SMILES string of the molecule is COC(=O)c1c(N2CC(S)CC2=O)sc2c1CCC2. The first-order valence-electron chi connectivity index (χ1n) is 6.33. The fourth-order valence-corrected chi connectivity index (χ4v) is 4.50. The Morgan fingerprint density at radius 2 is 2.26 bits per heavy atom. The van der Waals surface area contributed by atoms with Crippen LogP contribution < -0.4 is 4.90 Å². The molecule has 102 valence electrons. The zero-order valence-corrected chi connectivity index (χ0v) is 12.4. The van der Waals surface area contributed by atoms with Crippen molar-refractivity contribution in [3.63, 3.8) is 0 Å². The van der Waals surface area contributed by atoms with Crippen molar-refractivity contribution in [1.29, 1.82) is 0 Å². The van der Waals surface area contributed by atoms with Gasteiger partial charge in [-0.25, -0.2) is 4.79 Å². The van der Waals surface area contributed by atoms with Gasteiger partial charge in [-0.15, -0.1) is 11.3 Å². The first-order valence-corrected chi connectivity index (χ1v) is 7.66. The molecule has 1 fully saturated rings. The van der Waals surface area contributed by atoms with E-state index in [9.17, 15) is 9.59 Å². The lowest BCUT2D eigenvalue weighted by molar-refractivity contribution is -0.116. The Labute approximate surface area is 121 Å². The van der Waals surface area contributed by atoms with Crippen LogP contribution in [0.2, 0.25) is 0 Å². The van der Waals surface area contributed by atoms with E-state index in [1.807, 2.05) is 0 Å². The monoisotopic (exact) mass is 297 g/mol. The number of nitrogens with zero attached hydrogens (tertiary/aromatic N) is 1. The zero-order chi connectivity index (χ0) is 13.6. The van der Waals surface area contributed by atoms with Gasteiger partial charge in [-0.2, -0.15) is 12.6 Å². The van der Waals surface area contributed by atoms with E-state index in [1.54, 1.807) is 16.2 Å². The number of hydrogen-bond donors (Lipinski definition) is 1. The Morgan fingerprint density at radius 3 is 2.89 bits per heavy atom. The van der Waals surface area contributed by atoms with Crippen molar-refractivity contribution in [3.8, 4) is 0 Å². The second-order valence-corrected chi connectivity index (χ2v) is 6.71. The minimum atomic E-state index is -0.329. The van der Waals surface area contributed by atoms with Crippen molar-refractivity contribution in [3.05, 3.63) is 16.0 Å². The normalized spacial score (nSPS) is 21.9. The van der Waals surface area contributed by atoms with Crippen LogP contribution in [0.1, 0.15) is 33.6 Å². The van der Waals surface area contributed by atoms with Crippen molar-refractivity contribution < 1.29 is 14.3 Å². The molecule has 6 heteroatoms. The molecule has 1 aromatic rings. The van der Waals surface area contributed by atoms with E-state index >= 15 is 0 Å². The number of fused-ring (bicyclic) bond motifs is 1. The number of anilines is 1. The molecule has 0 bridgehead atoms. The number of carbonyl (C=O) groups excluding carboxylic acids is 2. The maximum absolute atomic E-state index is 12.0. The van der Waals surface area contributed by atoms with Crippen LogP contribution >= 0.6 is 24.0 Å². The maximum atomic E-state index is 12.0. The number of carbonyl (C=O) groups is 2. The van der Waals surface area contributed by atoms with Gasteiger partial charge >= 0.3 is 5.97 Å². The first kappa shape index (κ1) is 13.0. The first-order chi connectivity index (χ1) is 9.11. The van der Waals surface area contributed by atoms with Crippen molar-refractivity contribution in [2.45, 2.75) is 30.9 Å². The van der Waals surface area contributed by atoms with Gasteiger partial charge in [0.05, 0.1) is 12.7 Å². The summed E-state index contributed by atoms with van der Waals surface area (Å²) in [4.78, 5) is 27.0. The topological polar surface area (TPSA) is 46.6 Å². The summed E-state index contributed by atoms with van der Waals surface area (Å²) in [7, 11) is 1.39. The van der Waals surface area contributed by atoms with E-state index in [1.165, 1.54) is 12.0 Å².